The molecular formula is C16H16ClN3O. The maximum atomic E-state index is 12.4. The zero-order valence-corrected chi connectivity index (χ0v) is 12.2. The molecule has 4 nitrogen and oxygen atoms in total. The lowest BCUT2D eigenvalue weighted by Gasteiger charge is -2.16. The Hall–Kier alpha value is -1.91. The Morgan fingerprint density at radius 2 is 1.95 bits per heavy atom. The molecule has 0 aliphatic carbocycles. The van der Waals surface area contributed by atoms with E-state index in [2.05, 4.69) is 17.1 Å². The second-order valence-corrected chi connectivity index (χ2v) is 5.69. The van der Waals surface area contributed by atoms with E-state index < -0.39 is 0 Å². The molecule has 2 N–H and O–H groups in total. The van der Waals surface area contributed by atoms with Gasteiger partial charge in [-0.3, -0.25) is 4.79 Å². The van der Waals surface area contributed by atoms with Crippen LogP contribution in [0.4, 0.5) is 0 Å². The minimum atomic E-state index is -0.0967. The van der Waals surface area contributed by atoms with Gasteiger partial charge in [-0.25, -0.2) is 4.98 Å². The molecule has 1 amide bonds. The largest absolute Gasteiger partial charge is 0.335 e. The Labute approximate surface area is 128 Å². The van der Waals surface area contributed by atoms with Crippen LogP contribution in [-0.4, -0.2) is 34.9 Å². The second kappa shape index (κ2) is 5.84. The van der Waals surface area contributed by atoms with Gasteiger partial charge in [0.1, 0.15) is 5.69 Å². The number of nitrogens with zero attached hydrogens (tertiary/aromatic N) is 2. The number of nitrogens with two attached hydrogens (primary N) is 1. The summed E-state index contributed by atoms with van der Waals surface area (Å²) in [6.07, 6.45) is 1.49. The van der Waals surface area contributed by atoms with Crippen LogP contribution in [0.25, 0.3) is 0 Å². The normalized spacial score (nSPS) is 21.5. The Morgan fingerprint density at radius 3 is 2.62 bits per heavy atom. The van der Waals surface area contributed by atoms with Crippen molar-refractivity contribution >= 4 is 17.5 Å². The molecule has 1 aliphatic heterocycles. The fourth-order valence-corrected chi connectivity index (χ4v) is 2.82. The SMILES string of the molecule is N[C@@H]1CN(C(=O)c2ccc(Cl)cn2)C[C@H]1c1ccccc1. The molecule has 21 heavy (non-hydrogen) atoms. The molecular weight excluding hydrogens is 286 g/mol. The van der Waals surface area contributed by atoms with Gasteiger partial charge in [0.25, 0.3) is 5.91 Å². The summed E-state index contributed by atoms with van der Waals surface area (Å²) < 4.78 is 0. The van der Waals surface area contributed by atoms with Crippen molar-refractivity contribution in [3.63, 3.8) is 0 Å². The first kappa shape index (κ1) is 14.0. The van der Waals surface area contributed by atoms with E-state index in [1.54, 1.807) is 17.0 Å². The average molecular weight is 302 g/mol. The van der Waals surface area contributed by atoms with Crippen LogP contribution in [-0.2, 0) is 0 Å². The molecule has 5 heteroatoms. The van der Waals surface area contributed by atoms with Gasteiger partial charge in [-0.2, -0.15) is 0 Å². The van der Waals surface area contributed by atoms with Crippen LogP contribution in [0, 0.1) is 0 Å². The van der Waals surface area contributed by atoms with E-state index in [0.29, 0.717) is 23.8 Å². The maximum absolute atomic E-state index is 12.4. The highest BCUT2D eigenvalue weighted by atomic mass is 35.5. The number of rotatable bonds is 2. The van der Waals surface area contributed by atoms with Gasteiger partial charge >= 0.3 is 0 Å². The first-order valence-corrected chi connectivity index (χ1v) is 7.24. The predicted molar refractivity (Wildman–Crippen MR) is 82.3 cm³/mol. The highest BCUT2D eigenvalue weighted by Gasteiger charge is 2.34. The standard InChI is InChI=1S/C16H16ClN3O/c17-12-6-7-15(19-8-12)16(21)20-9-13(14(18)10-20)11-4-2-1-3-5-11/h1-8,13-14H,9-10,18H2/t13-,14+/m0/s1. The predicted octanol–water partition coefficient (Wildman–Crippen LogP) is 2.30. The van der Waals surface area contributed by atoms with Gasteiger partial charge in [0, 0.05) is 31.2 Å². The zero-order chi connectivity index (χ0) is 14.8. The van der Waals surface area contributed by atoms with Crippen LogP contribution in [0.1, 0.15) is 22.0 Å². The van der Waals surface area contributed by atoms with E-state index in [-0.39, 0.29) is 17.9 Å². The molecule has 2 atom stereocenters. The minimum absolute atomic E-state index is 0.0522. The van der Waals surface area contributed by atoms with Crippen LogP contribution < -0.4 is 5.73 Å². The van der Waals surface area contributed by atoms with E-state index in [9.17, 15) is 4.79 Å². The van der Waals surface area contributed by atoms with Crippen molar-refractivity contribution in [2.24, 2.45) is 5.73 Å². The molecule has 3 rings (SSSR count). The number of pyridine rings is 1. The molecule has 1 fully saturated rings. The van der Waals surface area contributed by atoms with Gasteiger partial charge in [0.15, 0.2) is 0 Å². The molecule has 0 spiro atoms. The molecule has 0 saturated carbocycles. The molecule has 1 aromatic heterocycles. The van der Waals surface area contributed by atoms with Gasteiger partial charge in [-0.15, -0.1) is 0 Å². The average Bonchev–Trinajstić information content (AvgIpc) is 2.90. The number of hydrogen-bond donors (Lipinski definition) is 1. The number of amides is 1. The summed E-state index contributed by atoms with van der Waals surface area (Å²) in [5.41, 5.74) is 7.78. The van der Waals surface area contributed by atoms with E-state index in [4.69, 9.17) is 17.3 Å². The lowest BCUT2D eigenvalue weighted by Crippen LogP contribution is -2.32. The molecule has 0 unspecified atom stereocenters. The van der Waals surface area contributed by atoms with Crippen LogP contribution in [0.15, 0.2) is 48.7 Å². The summed E-state index contributed by atoms with van der Waals surface area (Å²) in [6.45, 7) is 1.16. The van der Waals surface area contributed by atoms with Gasteiger partial charge < -0.3 is 10.6 Å². The topological polar surface area (TPSA) is 59.2 Å². The first-order chi connectivity index (χ1) is 10.1. The molecule has 1 saturated heterocycles. The number of likely N-dealkylation sites (tertiary alicyclic amines) is 1. The summed E-state index contributed by atoms with van der Waals surface area (Å²) >= 11 is 5.79. The summed E-state index contributed by atoms with van der Waals surface area (Å²) in [5, 5.41) is 0.520. The van der Waals surface area contributed by atoms with Crippen molar-refractivity contribution in [1.29, 1.82) is 0 Å². The monoisotopic (exact) mass is 301 g/mol. The third-order valence-electron chi connectivity index (χ3n) is 3.83. The van der Waals surface area contributed by atoms with E-state index in [1.807, 2.05) is 18.2 Å². The van der Waals surface area contributed by atoms with Crippen molar-refractivity contribution in [2.75, 3.05) is 13.1 Å². The van der Waals surface area contributed by atoms with Crippen molar-refractivity contribution in [1.82, 2.24) is 9.88 Å². The minimum Gasteiger partial charge on any atom is -0.335 e. The maximum Gasteiger partial charge on any atom is 0.272 e. The highest BCUT2D eigenvalue weighted by Crippen LogP contribution is 2.27. The summed E-state index contributed by atoms with van der Waals surface area (Å²) in [5.74, 6) is 0.0722. The van der Waals surface area contributed by atoms with E-state index in [0.717, 1.165) is 0 Å². The molecule has 0 bridgehead atoms. The fourth-order valence-electron chi connectivity index (χ4n) is 2.71. The van der Waals surface area contributed by atoms with Gasteiger partial charge in [-0.1, -0.05) is 41.9 Å². The Kier molecular flexibility index (Phi) is 3.90. The van der Waals surface area contributed by atoms with Crippen LogP contribution in [0.2, 0.25) is 5.02 Å². The second-order valence-electron chi connectivity index (χ2n) is 5.25. The number of benzene rings is 1. The van der Waals surface area contributed by atoms with E-state index >= 15 is 0 Å². The molecule has 2 heterocycles. The fraction of sp³-hybridized carbons (Fsp3) is 0.250. The Morgan fingerprint density at radius 1 is 1.19 bits per heavy atom. The van der Waals surface area contributed by atoms with Gasteiger partial charge in [0.05, 0.1) is 5.02 Å². The number of aromatic nitrogens is 1. The Bertz CT molecular complexity index is 630. The van der Waals surface area contributed by atoms with Crippen molar-refractivity contribution in [3.05, 3.63) is 64.9 Å². The highest BCUT2D eigenvalue weighted by molar-refractivity contribution is 6.30. The molecule has 108 valence electrons. The quantitative estimate of drug-likeness (QED) is 0.926. The van der Waals surface area contributed by atoms with E-state index in [1.165, 1.54) is 11.8 Å². The summed E-state index contributed by atoms with van der Waals surface area (Å²) in [7, 11) is 0. The van der Waals surface area contributed by atoms with Gasteiger partial charge in [-0.05, 0) is 17.7 Å². The number of carbonyl (C=O) groups excluding carboxylic acids is 1. The molecule has 0 radical (unpaired) electrons. The summed E-state index contributed by atoms with van der Waals surface area (Å²) in [6, 6.07) is 13.3. The van der Waals surface area contributed by atoms with Gasteiger partial charge in [0.2, 0.25) is 0 Å². The molecule has 2 aromatic rings. The van der Waals surface area contributed by atoms with Crippen molar-refractivity contribution < 1.29 is 4.79 Å². The third kappa shape index (κ3) is 2.91. The summed E-state index contributed by atoms with van der Waals surface area (Å²) in [4.78, 5) is 18.3. The zero-order valence-electron chi connectivity index (χ0n) is 11.4. The lowest BCUT2D eigenvalue weighted by molar-refractivity contribution is 0.0783. The molecule has 1 aromatic carbocycles. The van der Waals surface area contributed by atoms with Crippen molar-refractivity contribution in [3.8, 4) is 0 Å². The third-order valence-corrected chi connectivity index (χ3v) is 4.05. The smallest absolute Gasteiger partial charge is 0.272 e. The lowest BCUT2D eigenvalue weighted by atomic mass is 9.95. The first-order valence-electron chi connectivity index (χ1n) is 6.86. The van der Waals surface area contributed by atoms with Crippen LogP contribution >= 0.6 is 11.6 Å². The number of halogens is 1. The van der Waals surface area contributed by atoms with Crippen LogP contribution in [0.3, 0.4) is 0 Å². The van der Waals surface area contributed by atoms with Crippen molar-refractivity contribution in [2.45, 2.75) is 12.0 Å². The van der Waals surface area contributed by atoms with Crippen LogP contribution in [0.5, 0.6) is 0 Å². The number of carbonyl (C=O) groups is 1. The Balaban J connectivity index is 1.76. The molecule has 1 aliphatic rings. The number of hydrogen-bond acceptors (Lipinski definition) is 3.